The maximum Gasteiger partial charge on any atom is 0.179 e. The Hall–Kier alpha value is -1.84. The summed E-state index contributed by atoms with van der Waals surface area (Å²) in [6.07, 6.45) is 4.83. The van der Waals surface area contributed by atoms with Crippen LogP contribution in [0.4, 0.5) is 0 Å². The molecule has 4 heteroatoms. The minimum absolute atomic E-state index is 0.0735. The zero-order valence-electron chi connectivity index (χ0n) is 7.98. The molecule has 0 spiro atoms. The van der Waals surface area contributed by atoms with Gasteiger partial charge in [-0.15, -0.1) is 0 Å². The highest BCUT2D eigenvalue weighted by Crippen LogP contribution is 2.12. The Morgan fingerprint density at radius 3 is 2.79 bits per heavy atom. The van der Waals surface area contributed by atoms with Crippen molar-refractivity contribution in [1.82, 2.24) is 15.0 Å². The summed E-state index contributed by atoms with van der Waals surface area (Å²) in [4.78, 5) is 23.4. The van der Waals surface area contributed by atoms with Crippen molar-refractivity contribution in [3.05, 3.63) is 29.8 Å². The van der Waals surface area contributed by atoms with E-state index >= 15 is 0 Å². The van der Waals surface area contributed by atoms with Gasteiger partial charge in [-0.2, -0.15) is 0 Å². The number of carbonyl (C=O) groups excluding carboxylic acids is 1. The van der Waals surface area contributed by atoms with Gasteiger partial charge in [0.15, 0.2) is 5.78 Å². The summed E-state index contributed by atoms with van der Waals surface area (Å²) in [5, 5.41) is 0. The Kier molecular flexibility index (Phi) is 1.96. The number of ketones is 1. The topological polar surface area (TPSA) is 55.7 Å². The Balaban J connectivity index is 2.76. The second kappa shape index (κ2) is 3.14. The molecule has 0 saturated carbocycles. The van der Waals surface area contributed by atoms with Gasteiger partial charge in [-0.05, 0) is 12.5 Å². The summed E-state index contributed by atoms with van der Waals surface area (Å²) >= 11 is 0. The van der Waals surface area contributed by atoms with Crippen LogP contribution < -0.4 is 0 Å². The van der Waals surface area contributed by atoms with Crippen LogP contribution >= 0.6 is 0 Å². The zero-order valence-corrected chi connectivity index (χ0v) is 7.98. The molecule has 0 bridgehead atoms. The summed E-state index contributed by atoms with van der Waals surface area (Å²) in [5.41, 5.74) is 2.78. The number of fused-ring (bicyclic) bond motifs is 1. The summed E-state index contributed by atoms with van der Waals surface area (Å²) in [5.74, 6) is -0.0735. The predicted molar refractivity (Wildman–Crippen MR) is 52.1 cm³/mol. The van der Waals surface area contributed by atoms with E-state index in [4.69, 9.17) is 0 Å². The Morgan fingerprint density at radius 1 is 1.29 bits per heavy atom. The summed E-state index contributed by atoms with van der Waals surface area (Å²) < 4.78 is 0. The van der Waals surface area contributed by atoms with Crippen LogP contribution in [0.15, 0.2) is 18.6 Å². The monoisotopic (exact) mass is 187 g/mol. The van der Waals surface area contributed by atoms with E-state index in [9.17, 15) is 4.79 Å². The minimum Gasteiger partial charge on any atom is -0.293 e. The number of nitrogens with zero attached hydrogens (tertiary/aromatic N) is 3. The number of hydrogen-bond acceptors (Lipinski definition) is 4. The van der Waals surface area contributed by atoms with Crippen molar-refractivity contribution in [3.8, 4) is 0 Å². The molecule has 4 nitrogen and oxygen atoms in total. The molecule has 0 aliphatic heterocycles. The standard InChI is InChI=1S/C10H9N3O/c1-6-3-11-4-9-10(6)13-8(5-12-9)7(2)14/h3-5H,1-2H3. The third kappa shape index (κ3) is 1.35. The van der Waals surface area contributed by atoms with Crippen LogP contribution in [-0.4, -0.2) is 20.7 Å². The zero-order chi connectivity index (χ0) is 10.1. The van der Waals surface area contributed by atoms with Gasteiger partial charge in [0.1, 0.15) is 11.2 Å². The second-order valence-electron chi connectivity index (χ2n) is 3.14. The third-order valence-corrected chi connectivity index (χ3v) is 2.00. The predicted octanol–water partition coefficient (Wildman–Crippen LogP) is 1.54. The van der Waals surface area contributed by atoms with E-state index < -0.39 is 0 Å². The fourth-order valence-electron chi connectivity index (χ4n) is 1.23. The molecule has 0 saturated heterocycles. The van der Waals surface area contributed by atoms with Crippen molar-refractivity contribution in [2.75, 3.05) is 0 Å². The smallest absolute Gasteiger partial charge is 0.179 e. The first-order valence-electron chi connectivity index (χ1n) is 4.27. The molecule has 0 atom stereocenters. The maximum absolute atomic E-state index is 11.1. The van der Waals surface area contributed by atoms with E-state index in [0.717, 1.165) is 16.6 Å². The number of aryl methyl sites for hydroxylation is 1. The van der Waals surface area contributed by atoms with Gasteiger partial charge in [0.25, 0.3) is 0 Å². The van der Waals surface area contributed by atoms with Crippen LogP contribution in [-0.2, 0) is 0 Å². The molecule has 0 aliphatic carbocycles. The average Bonchev–Trinajstić information content (AvgIpc) is 2.18. The van der Waals surface area contributed by atoms with Crippen molar-refractivity contribution in [3.63, 3.8) is 0 Å². The summed E-state index contributed by atoms with van der Waals surface area (Å²) in [7, 11) is 0. The van der Waals surface area contributed by atoms with Crippen LogP contribution in [0.5, 0.6) is 0 Å². The lowest BCUT2D eigenvalue weighted by atomic mass is 10.2. The molecule has 0 fully saturated rings. The summed E-state index contributed by atoms with van der Waals surface area (Å²) in [6.45, 7) is 3.38. The molecule has 14 heavy (non-hydrogen) atoms. The second-order valence-corrected chi connectivity index (χ2v) is 3.14. The van der Waals surface area contributed by atoms with E-state index in [1.165, 1.54) is 13.1 Å². The lowest BCUT2D eigenvalue weighted by Crippen LogP contribution is -1.99. The highest BCUT2D eigenvalue weighted by molar-refractivity contribution is 5.93. The van der Waals surface area contributed by atoms with Crippen molar-refractivity contribution in [1.29, 1.82) is 0 Å². The highest BCUT2D eigenvalue weighted by atomic mass is 16.1. The van der Waals surface area contributed by atoms with Crippen LogP contribution in [0.2, 0.25) is 0 Å². The maximum atomic E-state index is 11.1. The number of hydrogen-bond donors (Lipinski definition) is 0. The Labute approximate surface area is 81.0 Å². The first-order valence-corrected chi connectivity index (χ1v) is 4.27. The third-order valence-electron chi connectivity index (χ3n) is 2.00. The molecule has 0 aromatic carbocycles. The van der Waals surface area contributed by atoms with E-state index in [1.54, 1.807) is 12.4 Å². The van der Waals surface area contributed by atoms with Gasteiger partial charge in [-0.25, -0.2) is 4.98 Å². The average molecular weight is 187 g/mol. The van der Waals surface area contributed by atoms with Crippen LogP contribution in [0, 0.1) is 6.92 Å². The lowest BCUT2D eigenvalue weighted by Gasteiger charge is -2.00. The van der Waals surface area contributed by atoms with Crippen LogP contribution in [0.1, 0.15) is 23.0 Å². The van der Waals surface area contributed by atoms with Gasteiger partial charge >= 0.3 is 0 Å². The largest absolute Gasteiger partial charge is 0.293 e. The molecular formula is C10H9N3O. The minimum atomic E-state index is -0.0735. The molecule has 70 valence electrons. The number of pyridine rings is 1. The Bertz CT molecular complexity index is 508. The molecule has 0 amide bonds. The molecule has 2 aromatic rings. The normalized spacial score (nSPS) is 10.4. The molecule has 2 heterocycles. The van der Waals surface area contributed by atoms with Gasteiger partial charge < -0.3 is 0 Å². The van der Waals surface area contributed by atoms with Gasteiger partial charge in [-0.1, -0.05) is 0 Å². The van der Waals surface area contributed by atoms with E-state index in [-0.39, 0.29) is 5.78 Å². The van der Waals surface area contributed by atoms with Gasteiger partial charge in [0, 0.05) is 13.1 Å². The molecule has 0 aliphatic rings. The number of rotatable bonds is 1. The van der Waals surface area contributed by atoms with Crippen molar-refractivity contribution < 1.29 is 4.79 Å². The van der Waals surface area contributed by atoms with Gasteiger partial charge in [0.05, 0.1) is 17.9 Å². The Morgan fingerprint density at radius 2 is 2.07 bits per heavy atom. The van der Waals surface area contributed by atoms with Crippen molar-refractivity contribution >= 4 is 16.8 Å². The van der Waals surface area contributed by atoms with E-state index in [1.807, 2.05) is 6.92 Å². The first-order chi connectivity index (χ1) is 6.68. The van der Waals surface area contributed by atoms with E-state index in [0.29, 0.717) is 5.69 Å². The number of carbonyl (C=O) groups is 1. The van der Waals surface area contributed by atoms with Crippen LogP contribution in [0.25, 0.3) is 11.0 Å². The quantitative estimate of drug-likeness (QED) is 0.635. The molecule has 2 rings (SSSR count). The van der Waals surface area contributed by atoms with E-state index in [2.05, 4.69) is 15.0 Å². The fraction of sp³-hybridized carbons (Fsp3) is 0.200. The molecule has 0 unspecified atom stereocenters. The van der Waals surface area contributed by atoms with Crippen LogP contribution in [0.3, 0.4) is 0 Å². The van der Waals surface area contributed by atoms with Gasteiger partial charge in [0.2, 0.25) is 0 Å². The molecular weight excluding hydrogens is 178 g/mol. The van der Waals surface area contributed by atoms with Gasteiger partial charge in [-0.3, -0.25) is 14.8 Å². The van der Waals surface area contributed by atoms with Crippen molar-refractivity contribution in [2.24, 2.45) is 0 Å². The molecule has 0 N–H and O–H groups in total. The highest BCUT2D eigenvalue weighted by Gasteiger charge is 2.05. The number of aromatic nitrogens is 3. The summed E-state index contributed by atoms with van der Waals surface area (Å²) in [6, 6.07) is 0. The lowest BCUT2D eigenvalue weighted by molar-refractivity contribution is 0.101. The first kappa shape index (κ1) is 8.74. The fourth-order valence-corrected chi connectivity index (χ4v) is 1.23. The SMILES string of the molecule is CC(=O)c1cnc2cncc(C)c2n1. The van der Waals surface area contributed by atoms with Crippen molar-refractivity contribution in [2.45, 2.75) is 13.8 Å². The number of Topliss-reactive ketones (excluding diaryl/α,β-unsaturated/α-hetero) is 1. The molecule has 0 radical (unpaired) electrons. The molecule has 2 aromatic heterocycles.